The maximum Gasteiger partial charge on any atom is 0.409 e. The first-order valence-corrected chi connectivity index (χ1v) is 9.43. The Kier molecular flexibility index (Phi) is 7.71. The molecular weight excluding hydrogens is 386 g/mol. The Hall–Kier alpha value is -1.60. The topological polar surface area (TPSA) is 61.9 Å². The summed E-state index contributed by atoms with van der Waals surface area (Å²) in [5, 5.41) is 2.91. The van der Waals surface area contributed by atoms with Gasteiger partial charge in [0.1, 0.15) is 0 Å². The van der Waals surface area contributed by atoms with E-state index in [1.54, 1.807) is 4.90 Å². The average Bonchev–Trinajstić information content (AvgIpc) is 2.80. The number of para-hydroxylation sites is 1. The van der Waals surface area contributed by atoms with Gasteiger partial charge in [0.05, 0.1) is 18.8 Å². The van der Waals surface area contributed by atoms with E-state index in [1.165, 1.54) is 0 Å². The van der Waals surface area contributed by atoms with Crippen LogP contribution in [0, 0.1) is 5.92 Å². The van der Waals surface area contributed by atoms with Gasteiger partial charge in [0.15, 0.2) is 0 Å². The fraction of sp³-hybridized carbons (Fsp3) is 0.556. The predicted molar refractivity (Wildman–Crippen MR) is 102 cm³/mol. The lowest BCUT2D eigenvalue weighted by atomic mass is 10.2. The van der Waals surface area contributed by atoms with Crippen LogP contribution in [-0.4, -0.2) is 61.1 Å². The third-order valence-electron chi connectivity index (χ3n) is 3.90. The molecule has 1 aliphatic heterocycles. The molecule has 0 atom stereocenters. The molecule has 0 bridgehead atoms. The van der Waals surface area contributed by atoms with Crippen molar-refractivity contribution < 1.29 is 14.3 Å². The largest absolute Gasteiger partial charge is 0.449 e. The van der Waals surface area contributed by atoms with Crippen LogP contribution in [0.5, 0.6) is 0 Å². The number of nitrogens with zero attached hydrogens (tertiary/aromatic N) is 2. The number of benzene rings is 1. The van der Waals surface area contributed by atoms with Crippen molar-refractivity contribution in [3.8, 4) is 0 Å². The van der Waals surface area contributed by atoms with Crippen molar-refractivity contribution in [3.05, 3.63) is 28.7 Å². The lowest BCUT2D eigenvalue weighted by Crippen LogP contribution is -2.38. The van der Waals surface area contributed by atoms with Crippen LogP contribution in [0.4, 0.5) is 10.5 Å². The van der Waals surface area contributed by atoms with Crippen molar-refractivity contribution in [1.29, 1.82) is 0 Å². The van der Waals surface area contributed by atoms with Crippen molar-refractivity contribution in [1.82, 2.24) is 9.80 Å². The summed E-state index contributed by atoms with van der Waals surface area (Å²) in [7, 11) is 0. The minimum Gasteiger partial charge on any atom is -0.449 e. The van der Waals surface area contributed by atoms with Gasteiger partial charge in [0.2, 0.25) is 5.91 Å². The molecule has 1 fully saturated rings. The quantitative estimate of drug-likeness (QED) is 0.807. The molecule has 2 rings (SSSR count). The van der Waals surface area contributed by atoms with Crippen LogP contribution < -0.4 is 5.32 Å². The van der Waals surface area contributed by atoms with Crippen LogP contribution in [0.15, 0.2) is 28.7 Å². The molecule has 1 heterocycles. The van der Waals surface area contributed by atoms with Crippen molar-refractivity contribution in [2.75, 3.05) is 44.6 Å². The number of hydrogen-bond acceptors (Lipinski definition) is 4. The zero-order valence-corrected chi connectivity index (χ0v) is 16.4. The fourth-order valence-corrected chi connectivity index (χ4v) is 2.98. The highest BCUT2D eigenvalue weighted by atomic mass is 79.9. The SMILES string of the molecule is CC(C)COC(=O)N1CCCN(CC(=O)Nc2ccccc2Br)CC1. The summed E-state index contributed by atoms with van der Waals surface area (Å²) in [5.74, 6) is 0.274. The van der Waals surface area contributed by atoms with Gasteiger partial charge in [-0.25, -0.2) is 4.79 Å². The second-order valence-electron chi connectivity index (χ2n) is 6.62. The number of nitrogens with one attached hydrogen (secondary N) is 1. The van der Waals surface area contributed by atoms with Crippen LogP contribution in [0.3, 0.4) is 0 Å². The Morgan fingerprint density at radius 2 is 1.96 bits per heavy atom. The van der Waals surface area contributed by atoms with Gasteiger partial charge in [-0.05, 0) is 40.4 Å². The molecule has 25 heavy (non-hydrogen) atoms. The van der Waals surface area contributed by atoms with Gasteiger partial charge in [0.25, 0.3) is 0 Å². The van der Waals surface area contributed by atoms with Crippen LogP contribution >= 0.6 is 15.9 Å². The molecule has 6 nitrogen and oxygen atoms in total. The maximum atomic E-state index is 12.3. The lowest BCUT2D eigenvalue weighted by Gasteiger charge is -2.21. The van der Waals surface area contributed by atoms with Crippen LogP contribution in [0.2, 0.25) is 0 Å². The first-order chi connectivity index (χ1) is 12.0. The smallest absolute Gasteiger partial charge is 0.409 e. The second kappa shape index (κ2) is 9.77. The number of carbonyl (C=O) groups excluding carboxylic acids is 2. The number of anilines is 1. The molecule has 0 unspecified atom stereocenters. The summed E-state index contributed by atoms with van der Waals surface area (Å²) in [4.78, 5) is 28.1. The zero-order valence-electron chi connectivity index (χ0n) is 14.8. The molecule has 1 aromatic carbocycles. The van der Waals surface area contributed by atoms with Crippen molar-refractivity contribution >= 4 is 33.6 Å². The minimum absolute atomic E-state index is 0.0530. The van der Waals surface area contributed by atoms with E-state index in [0.717, 1.165) is 23.1 Å². The van der Waals surface area contributed by atoms with Crippen molar-refractivity contribution in [2.45, 2.75) is 20.3 Å². The summed E-state index contributed by atoms with van der Waals surface area (Å²) in [5.41, 5.74) is 0.765. The van der Waals surface area contributed by atoms with Gasteiger partial charge in [-0.1, -0.05) is 26.0 Å². The first-order valence-electron chi connectivity index (χ1n) is 8.64. The Bertz CT molecular complexity index is 595. The number of carbonyl (C=O) groups is 2. The predicted octanol–water partition coefficient (Wildman–Crippen LogP) is 3.19. The van der Waals surface area contributed by atoms with Crippen molar-refractivity contribution in [2.24, 2.45) is 5.92 Å². The fourth-order valence-electron chi connectivity index (χ4n) is 2.60. The number of amides is 2. The molecule has 0 saturated carbocycles. The van der Waals surface area contributed by atoms with E-state index < -0.39 is 0 Å². The summed E-state index contributed by atoms with van der Waals surface area (Å²) in [6, 6.07) is 7.54. The Balaban J connectivity index is 1.79. The van der Waals surface area contributed by atoms with E-state index in [9.17, 15) is 9.59 Å². The number of rotatable bonds is 5. The minimum atomic E-state index is -0.256. The standard InChI is InChI=1S/C18H26BrN3O3/c1-14(2)13-25-18(24)22-9-5-8-21(10-11-22)12-17(23)20-16-7-4-3-6-15(16)19/h3-4,6-7,14H,5,8-13H2,1-2H3,(H,20,23). The molecule has 0 aliphatic carbocycles. The van der Waals surface area contributed by atoms with Crippen LogP contribution in [0.1, 0.15) is 20.3 Å². The molecule has 1 aliphatic rings. The highest BCUT2D eigenvalue weighted by Crippen LogP contribution is 2.21. The normalized spacial score (nSPS) is 15.8. The Morgan fingerprint density at radius 3 is 2.68 bits per heavy atom. The van der Waals surface area contributed by atoms with E-state index >= 15 is 0 Å². The van der Waals surface area contributed by atoms with Crippen molar-refractivity contribution in [3.63, 3.8) is 0 Å². The molecular formula is C18H26BrN3O3. The maximum absolute atomic E-state index is 12.3. The molecule has 0 spiro atoms. The molecule has 0 aromatic heterocycles. The highest BCUT2D eigenvalue weighted by Gasteiger charge is 2.21. The van der Waals surface area contributed by atoms with Gasteiger partial charge in [0, 0.05) is 30.7 Å². The van der Waals surface area contributed by atoms with Gasteiger partial charge in [-0.15, -0.1) is 0 Å². The van der Waals surface area contributed by atoms with E-state index in [0.29, 0.717) is 38.7 Å². The number of halogens is 1. The van der Waals surface area contributed by atoms with Gasteiger partial charge >= 0.3 is 6.09 Å². The average molecular weight is 412 g/mol. The van der Waals surface area contributed by atoms with Gasteiger partial charge < -0.3 is 15.0 Å². The molecule has 1 N–H and O–H groups in total. The zero-order chi connectivity index (χ0) is 18.2. The highest BCUT2D eigenvalue weighted by molar-refractivity contribution is 9.10. The summed E-state index contributed by atoms with van der Waals surface area (Å²) < 4.78 is 6.15. The van der Waals surface area contributed by atoms with E-state index in [4.69, 9.17) is 4.74 Å². The van der Waals surface area contributed by atoms with Gasteiger partial charge in [-0.3, -0.25) is 9.69 Å². The molecule has 1 saturated heterocycles. The molecule has 138 valence electrons. The third-order valence-corrected chi connectivity index (χ3v) is 4.59. The summed E-state index contributed by atoms with van der Waals surface area (Å²) >= 11 is 3.42. The summed E-state index contributed by atoms with van der Waals surface area (Å²) in [6.07, 6.45) is 0.576. The van der Waals surface area contributed by atoms with E-state index in [-0.39, 0.29) is 12.0 Å². The Labute approximate surface area is 157 Å². The monoisotopic (exact) mass is 411 g/mol. The van der Waals surface area contributed by atoms with E-state index in [1.807, 2.05) is 38.1 Å². The lowest BCUT2D eigenvalue weighted by molar-refractivity contribution is -0.117. The van der Waals surface area contributed by atoms with Crippen LogP contribution in [-0.2, 0) is 9.53 Å². The third kappa shape index (κ3) is 6.66. The number of ether oxygens (including phenoxy) is 1. The molecule has 7 heteroatoms. The number of hydrogen-bond donors (Lipinski definition) is 1. The van der Waals surface area contributed by atoms with Gasteiger partial charge in [-0.2, -0.15) is 0 Å². The summed E-state index contributed by atoms with van der Waals surface area (Å²) in [6.45, 7) is 7.49. The Morgan fingerprint density at radius 1 is 1.20 bits per heavy atom. The molecule has 0 radical (unpaired) electrons. The van der Waals surface area contributed by atoms with Crippen LogP contribution in [0.25, 0.3) is 0 Å². The van der Waals surface area contributed by atoms with E-state index in [2.05, 4.69) is 26.1 Å². The second-order valence-corrected chi connectivity index (χ2v) is 7.47. The molecule has 1 aromatic rings. The first kappa shape index (κ1) is 19.7. The molecule has 2 amide bonds.